The number of primary sulfonamides is 1. The molecular formula is C34H27F3N4O7S3. The number of carbonyl (C=O) groups is 3. The number of H-pyrrole nitrogens is 1. The molecule has 3 amide bonds. The number of sulfonamides is 1. The molecule has 17 heteroatoms. The molecule has 0 spiro atoms. The number of ether oxygens (including phenoxy) is 1. The Morgan fingerprint density at radius 3 is 2.33 bits per heavy atom. The average molecular weight is 757 g/mol. The van der Waals surface area contributed by atoms with Gasteiger partial charge in [0.1, 0.15) is 5.75 Å². The van der Waals surface area contributed by atoms with E-state index in [1.165, 1.54) is 48.2 Å². The molecule has 1 aromatic heterocycles. The van der Waals surface area contributed by atoms with Crippen molar-refractivity contribution in [1.82, 2.24) is 4.98 Å². The van der Waals surface area contributed by atoms with Crippen LogP contribution in [0.2, 0.25) is 0 Å². The van der Waals surface area contributed by atoms with Crippen LogP contribution in [0.3, 0.4) is 0 Å². The Morgan fingerprint density at radius 2 is 1.67 bits per heavy atom. The zero-order valence-electron chi connectivity index (χ0n) is 26.1. The molecule has 2 bridgehead atoms. The summed E-state index contributed by atoms with van der Waals surface area (Å²) in [6.07, 6.45) is -4.02. The van der Waals surface area contributed by atoms with E-state index < -0.39 is 51.3 Å². The lowest BCUT2D eigenvalue weighted by Crippen LogP contribution is -2.42. The number of amides is 3. The summed E-state index contributed by atoms with van der Waals surface area (Å²) in [7, 11) is -3.87. The maximum atomic E-state index is 13.9. The van der Waals surface area contributed by atoms with Crippen molar-refractivity contribution >= 4 is 62.2 Å². The van der Waals surface area contributed by atoms with E-state index in [1.54, 1.807) is 12.1 Å². The molecule has 7 atom stereocenters. The molecule has 3 aromatic carbocycles. The Kier molecular flexibility index (Phi) is 7.97. The van der Waals surface area contributed by atoms with Crippen molar-refractivity contribution in [2.75, 3.05) is 16.8 Å². The molecule has 2 aliphatic heterocycles. The van der Waals surface area contributed by atoms with E-state index in [-0.39, 0.29) is 51.0 Å². The predicted octanol–water partition coefficient (Wildman–Crippen LogP) is 4.80. The summed E-state index contributed by atoms with van der Waals surface area (Å²) < 4.78 is 69.2. The number of carbonyl (C=O) groups excluding carboxylic acids is 3. The molecular weight excluding hydrogens is 730 g/mol. The van der Waals surface area contributed by atoms with Gasteiger partial charge in [-0.3, -0.25) is 24.1 Å². The zero-order chi connectivity index (χ0) is 36.0. The van der Waals surface area contributed by atoms with Gasteiger partial charge in [0.25, 0.3) is 5.91 Å². The van der Waals surface area contributed by atoms with E-state index in [4.69, 9.17) is 9.88 Å². The van der Waals surface area contributed by atoms with E-state index in [0.29, 0.717) is 22.9 Å². The van der Waals surface area contributed by atoms with E-state index in [9.17, 15) is 40.8 Å². The summed E-state index contributed by atoms with van der Waals surface area (Å²) in [5.41, 5.74) is 0.173. The summed E-state index contributed by atoms with van der Waals surface area (Å²) in [5.74, 6) is -3.28. The van der Waals surface area contributed by atoms with Crippen molar-refractivity contribution in [3.63, 3.8) is 0 Å². The summed E-state index contributed by atoms with van der Waals surface area (Å²) in [6, 6.07) is 16.7. The lowest BCUT2D eigenvalue weighted by molar-refractivity contribution is -0.137. The fourth-order valence-corrected chi connectivity index (χ4v) is 11.7. The number of anilines is 2. The second-order valence-electron chi connectivity index (χ2n) is 13.0. The minimum absolute atomic E-state index is 0.0894. The number of nitrogens with one attached hydrogen (secondary N) is 2. The minimum Gasteiger partial charge on any atom is -0.484 e. The van der Waals surface area contributed by atoms with E-state index >= 15 is 0 Å². The molecule has 2 aliphatic carbocycles. The third-order valence-corrected chi connectivity index (χ3v) is 13.7. The number of nitrogens with zero attached hydrogens (tertiary/aromatic N) is 1. The molecule has 4 aliphatic rings. The van der Waals surface area contributed by atoms with Gasteiger partial charge in [-0.2, -0.15) is 13.2 Å². The fraction of sp³-hybridized carbons (Fsp3) is 0.294. The smallest absolute Gasteiger partial charge is 0.416 e. The topological polar surface area (TPSA) is 169 Å². The van der Waals surface area contributed by atoms with E-state index in [0.717, 1.165) is 38.8 Å². The first kappa shape index (κ1) is 33.7. The molecule has 0 radical (unpaired) electrons. The number of aromatic amines is 1. The van der Waals surface area contributed by atoms with Gasteiger partial charge in [0.05, 0.1) is 33.0 Å². The number of aromatic nitrogens is 1. The van der Waals surface area contributed by atoms with Crippen molar-refractivity contribution in [3.8, 4) is 5.75 Å². The third-order valence-electron chi connectivity index (χ3n) is 10.2. The van der Waals surface area contributed by atoms with Crippen LogP contribution in [0.4, 0.5) is 24.5 Å². The molecule has 51 heavy (non-hydrogen) atoms. The lowest BCUT2D eigenvalue weighted by Gasteiger charge is -2.43. The van der Waals surface area contributed by atoms with Crippen LogP contribution in [-0.4, -0.2) is 43.0 Å². The van der Waals surface area contributed by atoms with Crippen LogP contribution in [-0.2, 0) is 30.6 Å². The van der Waals surface area contributed by atoms with Gasteiger partial charge in [0, 0.05) is 21.7 Å². The van der Waals surface area contributed by atoms with Crippen LogP contribution in [0.5, 0.6) is 5.75 Å². The number of hydrogen-bond donors (Lipinski definition) is 3. The summed E-state index contributed by atoms with van der Waals surface area (Å²) in [5, 5.41) is 8.32. The first-order valence-corrected chi connectivity index (χ1v) is 19.0. The number of halogens is 3. The minimum atomic E-state index is -4.64. The highest BCUT2D eigenvalue weighted by Gasteiger charge is 2.69. The number of hydrogen-bond acceptors (Lipinski definition) is 9. The van der Waals surface area contributed by atoms with Crippen LogP contribution in [0, 0.1) is 29.6 Å². The van der Waals surface area contributed by atoms with Crippen molar-refractivity contribution < 1.29 is 40.7 Å². The highest BCUT2D eigenvalue weighted by atomic mass is 32.2. The second kappa shape index (κ2) is 12.1. The number of imide groups is 1. The van der Waals surface area contributed by atoms with Gasteiger partial charge in [-0.05, 0) is 84.3 Å². The van der Waals surface area contributed by atoms with Crippen molar-refractivity contribution in [2.45, 2.75) is 33.7 Å². The molecule has 4 aromatic rings. The molecule has 3 heterocycles. The van der Waals surface area contributed by atoms with Crippen molar-refractivity contribution in [3.05, 3.63) is 98.5 Å². The number of rotatable bonds is 7. The highest BCUT2D eigenvalue weighted by molar-refractivity contribution is 8.00. The number of nitrogens with two attached hydrogens (primary N) is 1. The van der Waals surface area contributed by atoms with Crippen LogP contribution >= 0.6 is 23.1 Å². The lowest BCUT2D eigenvalue weighted by atomic mass is 9.68. The van der Waals surface area contributed by atoms with Crippen molar-refractivity contribution in [1.29, 1.82) is 0 Å². The molecule has 8 rings (SSSR count). The Morgan fingerprint density at radius 1 is 0.980 bits per heavy atom. The zero-order valence-corrected chi connectivity index (χ0v) is 28.6. The number of thiazole rings is 1. The maximum absolute atomic E-state index is 13.9. The summed E-state index contributed by atoms with van der Waals surface area (Å²) in [6.45, 7) is -0.337. The monoisotopic (exact) mass is 756 g/mol. The Bertz CT molecular complexity index is 2260. The molecule has 4 unspecified atom stereocenters. The predicted molar refractivity (Wildman–Crippen MR) is 181 cm³/mol. The first-order valence-electron chi connectivity index (χ1n) is 15.8. The molecule has 264 valence electrons. The van der Waals surface area contributed by atoms with Gasteiger partial charge in [-0.1, -0.05) is 29.5 Å². The van der Waals surface area contributed by atoms with Gasteiger partial charge in [0.2, 0.25) is 21.8 Å². The maximum Gasteiger partial charge on any atom is 0.416 e. The quantitative estimate of drug-likeness (QED) is 0.226. The Labute approximate surface area is 296 Å². The summed E-state index contributed by atoms with van der Waals surface area (Å²) in [4.78, 5) is 57.2. The van der Waals surface area contributed by atoms with Gasteiger partial charge in [0.15, 0.2) is 6.61 Å². The standard InChI is InChI=1S/C34H27F3N4O7S3/c35-34(36,37)16-2-1-3-18(12-16)41-31(43)26-21-13-22(27(26)32(41)44)28-25(21)24(29-30(49-28)40-33(45)50-29)15-4-8-19(9-5-15)48-14-23(42)39-17-6-10-20(11-7-17)51(38,46)47/h1-12,21-22,24-28H,13-14H2,(H,39,42)(H,40,45)(H2,38,46,47)/t21-,22-,24-,25?,26?,27?,28?/m1/s1. The molecule has 1 saturated heterocycles. The molecule has 4 N–H and O–H groups in total. The SMILES string of the molecule is NS(=O)(=O)c1ccc(NC(=O)COc2ccc([C@H]3c4sc(=O)[nH]c4SC4C3[C@H]3C[C@@H]4C4C(=O)N(c5cccc(C(F)(F)F)c5)C(=O)C43)cc2)cc1. The van der Waals surface area contributed by atoms with Crippen LogP contribution in [0.25, 0.3) is 0 Å². The van der Waals surface area contributed by atoms with Gasteiger partial charge in [-0.25, -0.2) is 13.6 Å². The number of alkyl halides is 3. The van der Waals surface area contributed by atoms with Crippen LogP contribution in [0.15, 0.2) is 87.5 Å². The van der Waals surface area contributed by atoms with Crippen LogP contribution in [0.1, 0.15) is 28.3 Å². The number of benzene rings is 3. The van der Waals surface area contributed by atoms with E-state index in [2.05, 4.69) is 10.3 Å². The fourth-order valence-electron chi connectivity index (χ4n) is 8.31. The molecule has 2 saturated carbocycles. The van der Waals surface area contributed by atoms with Crippen LogP contribution < -0.4 is 25.0 Å². The molecule has 11 nitrogen and oxygen atoms in total. The molecule has 3 fully saturated rings. The van der Waals surface area contributed by atoms with Crippen molar-refractivity contribution in [2.24, 2.45) is 34.7 Å². The normalized spacial score (nSPS) is 26.5. The average Bonchev–Trinajstić information content (AvgIpc) is 3.82. The van der Waals surface area contributed by atoms with Gasteiger partial charge in [-0.15, -0.1) is 11.8 Å². The Balaban J connectivity index is 1.02. The second-order valence-corrected chi connectivity index (χ2v) is 16.8. The van der Waals surface area contributed by atoms with E-state index in [1.807, 2.05) is 12.1 Å². The highest BCUT2D eigenvalue weighted by Crippen LogP contribution is 2.68. The van der Waals surface area contributed by atoms with Gasteiger partial charge < -0.3 is 15.0 Å². The van der Waals surface area contributed by atoms with Gasteiger partial charge >= 0.3 is 11.0 Å². The Hall–Kier alpha value is -4.45. The summed E-state index contributed by atoms with van der Waals surface area (Å²) >= 11 is 2.59. The number of thioether (sulfide) groups is 1. The number of fused-ring (bicyclic) bond motifs is 9. The third kappa shape index (κ3) is 5.75. The largest absolute Gasteiger partial charge is 0.484 e. The first-order chi connectivity index (χ1) is 24.2.